The van der Waals surface area contributed by atoms with Gasteiger partial charge in [0.25, 0.3) is 0 Å². The van der Waals surface area contributed by atoms with Crippen LogP contribution in [-0.2, 0) is 4.79 Å². The molecule has 0 bridgehead atoms. The molecule has 0 aliphatic rings. The van der Waals surface area contributed by atoms with Gasteiger partial charge in [-0.2, -0.15) is 0 Å². The monoisotopic (exact) mass is 193 g/mol. The van der Waals surface area contributed by atoms with Crippen molar-refractivity contribution >= 4 is 12.3 Å². The zero-order valence-electron chi connectivity index (χ0n) is 6.82. The van der Waals surface area contributed by atoms with Crippen LogP contribution in [0.15, 0.2) is 12.3 Å². The second-order valence-corrected chi connectivity index (χ2v) is 2.26. The highest BCUT2D eigenvalue weighted by atomic mass is 19.1. The molecule has 0 aliphatic heterocycles. The van der Waals surface area contributed by atoms with Crippen LogP contribution >= 0.6 is 0 Å². The molecule has 0 aliphatic carbocycles. The summed E-state index contributed by atoms with van der Waals surface area (Å²) in [7, 11) is 0. The van der Waals surface area contributed by atoms with E-state index >= 15 is 0 Å². The maximum atomic E-state index is 12.7. The first-order chi connectivity index (χ1) is 6.63. The van der Waals surface area contributed by atoms with Crippen molar-refractivity contribution in [3.8, 4) is 11.8 Å². The molecule has 0 unspecified atom stereocenters. The Morgan fingerprint density at radius 2 is 2.36 bits per heavy atom. The number of nitrogens with zero attached hydrogens (tertiary/aromatic N) is 1. The van der Waals surface area contributed by atoms with Crippen molar-refractivity contribution in [3.63, 3.8) is 0 Å². The minimum absolute atomic E-state index is 0.0379. The fourth-order valence-corrected chi connectivity index (χ4v) is 0.730. The van der Waals surface area contributed by atoms with Crippen LogP contribution in [0.2, 0.25) is 0 Å². The summed E-state index contributed by atoms with van der Waals surface area (Å²) in [6.45, 7) is 0. The SMILES string of the molecule is O=Cc1cc(C#CC(=O)O)ncc1F. The normalized spacial score (nSPS) is 8.64. The highest BCUT2D eigenvalue weighted by Gasteiger charge is 2.01. The van der Waals surface area contributed by atoms with Crippen LogP contribution in [-0.4, -0.2) is 22.3 Å². The number of hydrogen-bond acceptors (Lipinski definition) is 3. The van der Waals surface area contributed by atoms with Crippen LogP contribution in [0.25, 0.3) is 0 Å². The van der Waals surface area contributed by atoms with E-state index in [4.69, 9.17) is 5.11 Å². The molecule has 70 valence electrons. The highest BCUT2D eigenvalue weighted by molar-refractivity contribution is 5.87. The maximum absolute atomic E-state index is 12.7. The Hall–Kier alpha value is -2.22. The number of hydrogen-bond donors (Lipinski definition) is 1. The fourth-order valence-electron chi connectivity index (χ4n) is 0.730. The molecule has 0 fully saturated rings. The van der Waals surface area contributed by atoms with E-state index in [0.29, 0.717) is 6.29 Å². The number of aromatic nitrogens is 1. The van der Waals surface area contributed by atoms with Crippen LogP contribution in [0.1, 0.15) is 16.1 Å². The van der Waals surface area contributed by atoms with E-state index < -0.39 is 11.8 Å². The molecule has 0 saturated heterocycles. The summed E-state index contributed by atoms with van der Waals surface area (Å²) in [6, 6.07) is 1.08. The molecular weight excluding hydrogens is 189 g/mol. The smallest absolute Gasteiger partial charge is 0.382 e. The topological polar surface area (TPSA) is 67.3 Å². The maximum Gasteiger partial charge on any atom is 0.382 e. The van der Waals surface area contributed by atoms with Crippen molar-refractivity contribution in [3.05, 3.63) is 29.3 Å². The van der Waals surface area contributed by atoms with Crippen molar-refractivity contribution in [1.82, 2.24) is 4.98 Å². The van der Waals surface area contributed by atoms with Crippen molar-refractivity contribution in [1.29, 1.82) is 0 Å². The minimum atomic E-state index is -1.32. The lowest BCUT2D eigenvalue weighted by Gasteiger charge is -1.93. The van der Waals surface area contributed by atoms with E-state index in [-0.39, 0.29) is 11.3 Å². The Balaban J connectivity index is 3.09. The molecule has 1 heterocycles. The summed E-state index contributed by atoms with van der Waals surface area (Å²) >= 11 is 0. The van der Waals surface area contributed by atoms with Gasteiger partial charge < -0.3 is 5.11 Å². The third-order valence-electron chi connectivity index (χ3n) is 1.31. The lowest BCUT2D eigenvalue weighted by atomic mass is 10.2. The summed E-state index contributed by atoms with van der Waals surface area (Å²) < 4.78 is 12.7. The number of carboxylic acid groups (broad SMARTS) is 1. The molecule has 0 amide bonds. The Morgan fingerprint density at radius 3 is 2.93 bits per heavy atom. The molecule has 1 aromatic rings. The number of halogens is 1. The molecular formula is C9H4FNO3. The largest absolute Gasteiger partial charge is 0.472 e. The second-order valence-electron chi connectivity index (χ2n) is 2.26. The predicted molar refractivity (Wildman–Crippen MR) is 44.1 cm³/mol. The number of carbonyl (C=O) groups excluding carboxylic acids is 1. The standard InChI is InChI=1S/C9H4FNO3/c10-8-4-11-7(1-2-9(13)14)3-6(8)5-12/h3-5H,(H,13,14). The van der Waals surface area contributed by atoms with Crippen molar-refractivity contribution in [2.24, 2.45) is 0 Å². The quantitative estimate of drug-likeness (QED) is 0.520. The van der Waals surface area contributed by atoms with Gasteiger partial charge in [-0.05, 0) is 12.0 Å². The lowest BCUT2D eigenvalue weighted by Crippen LogP contribution is -1.93. The minimum Gasteiger partial charge on any atom is -0.472 e. The Morgan fingerprint density at radius 1 is 1.64 bits per heavy atom. The van der Waals surface area contributed by atoms with Gasteiger partial charge in [0, 0.05) is 5.92 Å². The average molecular weight is 193 g/mol. The number of aldehydes is 1. The second kappa shape index (κ2) is 4.14. The van der Waals surface area contributed by atoms with Gasteiger partial charge in [0.2, 0.25) is 0 Å². The molecule has 0 radical (unpaired) electrons. The van der Waals surface area contributed by atoms with Crippen LogP contribution in [0.3, 0.4) is 0 Å². The molecule has 4 nitrogen and oxygen atoms in total. The van der Waals surface area contributed by atoms with Gasteiger partial charge in [-0.15, -0.1) is 0 Å². The van der Waals surface area contributed by atoms with Gasteiger partial charge in [0.15, 0.2) is 12.1 Å². The number of rotatable bonds is 1. The molecule has 1 aromatic heterocycles. The van der Waals surface area contributed by atoms with Gasteiger partial charge in [-0.25, -0.2) is 14.2 Å². The van der Waals surface area contributed by atoms with Gasteiger partial charge >= 0.3 is 5.97 Å². The molecule has 0 saturated carbocycles. The molecule has 1 rings (SSSR count). The Bertz CT molecular complexity index is 445. The van der Waals surface area contributed by atoms with E-state index in [0.717, 1.165) is 12.3 Å². The molecule has 0 atom stereocenters. The van der Waals surface area contributed by atoms with Crippen LogP contribution in [0.4, 0.5) is 4.39 Å². The number of pyridine rings is 1. The predicted octanol–water partition coefficient (Wildman–Crippen LogP) is 0.469. The molecule has 5 heteroatoms. The van der Waals surface area contributed by atoms with Crippen molar-refractivity contribution < 1.29 is 19.1 Å². The summed E-state index contributed by atoms with van der Waals surface area (Å²) in [4.78, 5) is 23.8. The first kappa shape index (κ1) is 9.86. The van der Waals surface area contributed by atoms with E-state index in [1.54, 1.807) is 5.92 Å². The first-order valence-corrected chi connectivity index (χ1v) is 3.49. The fraction of sp³-hybridized carbons (Fsp3) is 0. The van der Waals surface area contributed by atoms with Gasteiger partial charge in [0.1, 0.15) is 5.69 Å². The molecule has 0 aromatic carbocycles. The van der Waals surface area contributed by atoms with Gasteiger partial charge in [0.05, 0.1) is 11.8 Å². The summed E-state index contributed by atoms with van der Waals surface area (Å²) in [5.41, 5.74) is -0.161. The lowest BCUT2D eigenvalue weighted by molar-refractivity contribution is -0.130. The van der Waals surface area contributed by atoms with Crippen molar-refractivity contribution in [2.45, 2.75) is 0 Å². The Kier molecular flexibility index (Phi) is 2.92. The van der Waals surface area contributed by atoms with E-state index in [1.165, 1.54) is 0 Å². The van der Waals surface area contributed by atoms with E-state index in [1.807, 2.05) is 0 Å². The molecule has 14 heavy (non-hydrogen) atoms. The van der Waals surface area contributed by atoms with Crippen molar-refractivity contribution in [2.75, 3.05) is 0 Å². The first-order valence-electron chi connectivity index (χ1n) is 3.49. The summed E-state index contributed by atoms with van der Waals surface area (Å²) in [6.07, 6.45) is 1.12. The van der Waals surface area contributed by atoms with E-state index in [9.17, 15) is 14.0 Å². The van der Waals surface area contributed by atoms with E-state index in [2.05, 4.69) is 10.9 Å². The Labute approximate surface area is 78.4 Å². The van der Waals surface area contributed by atoms with Crippen LogP contribution in [0, 0.1) is 17.7 Å². The summed E-state index contributed by atoms with van der Waals surface area (Å²) in [5.74, 6) is 1.88. The third kappa shape index (κ3) is 2.38. The number of carbonyl (C=O) groups is 2. The zero-order chi connectivity index (χ0) is 10.6. The van der Waals surface area contributed by atoms with Gasteiger partial charge in [-0.1, -0.05) is 0 Å². The molecule has 1 N–H and O–H groups in total. The zero-order valence-corrected chi connectivity index (χ0v) is 6.82. The summed E-state index contributed by atoms with van der Waals surface area (Å²) in [5, 5.41) is 8.21. The average Bonchev–Trinajstić information content (AvgIpc) is 2.16. The highest BCUT2D eigenvalue weighted by Crippen LogP contribution is 2.03. The third-order valence-corrected chi connectivity index (χ3v) is 1.31. The van der Waals surface area contributed by atoms with Crippen LogP contribution < -0.4 is 0 Å². The van der Waals surface area contributed by atoms with Gasteiger partial charge in [-0.3, -0.25) is 4.79 Å². The number of carboxylic acids is 1. The van der Waals surface area contributed by atoms with Crippen LogP contribution in [0.5, 0.6) is 0 Å². The number of aliphatic carboxylic acids is 1. The molecule has 0 spiro atoms.